The van der Waals surface area contributed by atoms with Crippen LogP contribution >= 0.6 is 34.5 Å². The summed E-state index contributed by atoms with van der Waals surface area (Å²) in [5, 5.41) is 23.4. The maximum absolute atomic E-state index is 16.7. The van der Waals surface area contributed by atoms with E-state index in [4.69, 9.17) is 42.1 Å². The van der Waals surface area contributed by atoms with Crippen molar-refractivity contribution in [1.29, 1.82) is 0 Å². The average Bonchev–Trinajstić information content (AvgIpc) is 1.51. The Morgan fingerprint density at radius 1 is 0.854 bits per heavy atom. The van der Waals surface area contributed by atoms with Gasteiger partial charge in [-0.3, -0.25) is 33.7 Å². The van der Waals surface area contributed by atoms with E-state index in [2.05, 4.69) is 31.2 Å². The number of Topliss-reactive ketones (excluding diaryl/α,β-unsaturated/α-hetero) is 1. The van der Waals surface area contributed by atoms with E-state index in [0.29, 0.717) is 114 Å². The Bertz CT molecular complexity index is 3200. The summed E-state index contributed by atoms with van der Waals surface area (Å²) in [7, 11) is 0. The second-order valence-corrected chi connectivity index (χ2v) is 28.0. The number of fused-ring (bicyclic) bond motifs is 6. The molecule has 7 aliphatic rings. The first-order valence-corrected chi connectivity index (χ1v) is 33.3. The molecule has 4 aliphatic carbocycles. The lowest BCUT2D eigenvalue weighted by molar-refractivity contribution is -0.144. The molecule has 2 bridgehead atoms. The Morgan fingerprint density at radius 3 is 2.16 bits per heavy atom. The quantitative estimate of drug-likeness (QED) is 0.0370. The molecule has 89 heavy (non-hydrogen) atoms. The smallest absolute Gasteiger partial charge is 0.246 e. The van der Waals surface area contributed by atoms with Crippen molar-refractivity contribution < 1.29 is 57.2 Å². The van der Waals surface area contributed by atoms with Crippen LogP contribution in [-0.2, 0) is 59.7 Å². The number of hydrogen-bond donors (Lipinski definition) is 5. The van der Waals surface area contributed by atoms with Crippen LogP contribution < -0.4 is 21.3 Å². The number of benzene rings is 3. The number of halogens is 3. The molecule has 11 rings (SSSR count). The molecule has 2 spiro atoms. The zero-order chi connectivity index (χ0) is 63.3. The number of rotatable bonds is 26. The van der Waals surface area contributed by atoms with E-state index in [1.807, 2.05) is 65.0 Å². The van der Waals surface area contributed by atoms with Gasteiger partial charge in [0.05, 0.1) is 72.9 Å². The van der Waals surface area contributed by atoms with Crippen molar-refractivity contribution >= 4 is 75.5 Å². The lowest BCUT2D eigenvalue weighted by Gasteiger charge is -2.53. The standard InChI is InChI=1S/C67H86Cl2FN7O11S/c1-6-77-56(54(47-12-10-13-49(69)55(47)70)67(66(77)21-8-7-9-22-66)48-20-19-45(68)36-50(48)73-62(67)84)60(82)75-65-26-23-64(24-27-65,25-28-65)52(79)14-11-29-85-30-31-86-32-33-87-34-35-88-40-53(80)74-58(63(3,4)5)61(83)76-39-46(78)37-51(76)59(81)71-38-43-15-17-44(18-16-43)57-42(2)72-41-89-57/h10,12-13,15-20,36,41,46,51,54,56,58,78H,6-9,11,14,21-35,37-40H2,1-5H3,(H,71,81)(H,73,84)(H,74,80)(H,75,82)/t46-,51+,54+,56-,58-,64?,65?,67-/m1/s1. The number of aliphatic hydroxyl groups excluding tert-OH is 1. The van der Waals surface area contributed by atoms with Gasteiger partial charge in [-0.25, -0.2) is 9.37 Å². The van der Waals surface area contributed by atoms with Crippen molar-refractivity contribution in [2.24, 2.45) is 10.8 Å². The number of nitrogens with zero attached hydrogens (tertiary/aromatic N) is 3. The number of likely N-dealkylation sites (tertiary alicyclic amines) is 2. The van der Waals surface area contributed by atoms with Gasteiger partial charge in [0.25, 0.3) is 0 Å². The van der Waals surface area contributed by atoms with Crippen LogP contribution in [0.1, 0.15) is 146 Å². The number of ether oxygens (including phenoxy) is 4. The summed E-state index contributed by atoms with van der Waals surface area (Å²) in [5.41, 5.74) is 2.43. The largest absolute Gasteiger partial charge is 0.391 e. The molecular formula is C67H86Cl2FN7O11S. The number of aliphatic hydroxyl groups is 1. The number of carbonyl (C=O) groups excluding carboxylic acids is 6. The molecular weight excluding hydrogens is 1200 g/mol. The number of aromatic nitrogens is 1. The van der Waals surface area contributed by atoms with Crippen molar-refractivity contribution in [3.05, 3.63) is 104 Å². The van der Waals surface area contributed by atoms with E-state index in [-0.39, 0.29) is 73.4 Å². The van der Waals surface area contributed by atoms with E-state index < -0.39 is 75.1 Å². The van der Waals surface area contributed by atoms with Gasteiger partial charge in [-0.1, -0.05) is 113 Å². The number of amides is 5. The number of aryl methyl sites for hydroxylation is 1. The first kappa shape index (κ1) is 66.5. The second-order valence-electron chi connectivity index (χ2n) is 26.3. The Kier molecular flexibility index (Phi) is 21.1. The number of β-amino-alcohol motifs (C(OH)–C–C–N with tert-alkyl or cyclic N) is 1. The van der Waals surface area contributed by atoms with Crippen LogP contribution in [0.15, 0.2) is 66.2 Å². The van der Waals surface area contributed by atoms with Crippen LogP contribution in [0.25, 0.3) is 10.4 Å². The molecule has 5 amide bonds. The van der Waals surface area contributed by atoms with Gasteiger partial charge in [-0.15, -0.1) is 11.3 Å². The predicted octanol–water partition coefficient (Wildman–Crippen LogP) is 9.38. The molecule has 0 radical (unpaired) electrons. The lowest BCUT2D eigenvalue weighted by Crippen LogP contribution is -2.63. The number of thiazole rings is 1. The van der Waals surface area contributed by atoms with Crippen molar-refractivity contribution in [2.75, 3.05) is 71.3 Å². The fraction of sp³-hybridized carbons (Fsp3) is 0.597. The highest BCUT2D eigenvalue weighted by Crippen LogP contribution is 2.67. The van der Waals surface area contributed by atoms with E-state index in [1.54, 1.807) is 41.1 Å². The molecule has 0 unspecified atom stereocenters. The second kappa shape index (κ2) is 28.2. The van der Waals surface area contributed by atoms with Gasteiger partial charge in [-0.05, 0) is 117 Å². The molecule has 6 atom stereocenters. The highest BCUT2D eigenvalue weighted by molar-refractivity contribution is 7.13. The Hall–Kier alpha value is -5.42. The van der Waals surface area contributed by atoms with Crippen LogP contribution in [0.2, 0.25) is 10.0 Å². The summed E-state index contributed by atoms with van der Waals surface area (Å²) in [6.07, 6.45) is 8.12. The molecule has 4 saturated carbocycles. The number of carbonyl (C=O) groups is 6. The van der Waals surface area contributed by atoms with Crippen LogP contribution in [0, 0.1) is 23.6 Å². The first-order valence-electron chi connectivity index (χ1n) is 31.7. The molecule has 1 aromatic heterocycles. The van der Waals surface area contributed by atoms with Crippen molar-refractivity contribution in [2.45, 2.75) is 178 Å². The highest BCUT2D eigenvalue weighted by atomic mass is 35.5. The van der Waals surface area contributed by atoms with Crippen LogP contribution in [0.5, 0.6) is 0 Å². The normalized spacial score (nSPS) is 25.7. The Labute approximate surface area is 535 Å². The number of nitrogens with one attached hydrogen (secondary N) is 4. The molecule has 18 nitrogen and oxygen atoms in total. The summed E-state index contributed by atoms with van der Waals surface area (Å²) < 4.78 is 39.4. The Balaban J connectivity index is 0.614. The SMILES string of the molecule is CCN1[C@@H](C(=O)NC23CCC(C(=O)CCCOCCOCCOCCOCC(=O)N[C@H](C(=O)N4C[C@H](O)C[C@H]4C(=O)NCc4ccc(-c5scnc5C)cc4)C(C)(C)C)(CC2)CC3)[C@H](c2cccc(Cl)c2F)[C@]2(C(=O)Nc3cc(Cl)ccc32)C12CCCCC2. The first-order chi connectivity index (χ1) is 42.7. The molecule has 482 valence electrons. The predicted molar refractivity (Wildman–Crippen MR) is 338 cm³/mol. The number of ketones is 1. The number of likely N-dealkylation sites (N-methyl/N-ethyl adjacent to an activating group) is 1. The Morgan fingerprint density at radius 2 is 1.52 bits per heavy atom. The molecule has 3 aromatic carbocycles. The van der Waals surface area contributed by atoms with Gasteiger partial charge in [0.2, 0.25) is 29.5 Å². The number of anilines is 1. The minimum absolute atomic E-state index is 0.0342. The third-order valence-electron chi connectivity index (χ3n) is 20.0. The van der Waals surface area contributed by atoms with Crippen LogP contribution in [0.4, 0.5) is 10.1 Å². The fourth-order valence-corrected chi connectivity index (χ4v) is 16.8. The van der Waals surface area contributed by atoms with Gasteiger partial charge in [0.1, 0.15) is 35.7 Å². The van der Waals surface area contributed by atoms with Crippen molar-refractivity contribution in [3.8, 4) is 10.4 Å². The molecule has 2 saturated heterocycles. The molecule has 4 heterocycles. The molecule has 3 aliphatic heterocycles. The summed E-state index contributed by atoms with van der Waals surface area (Å²) in [4.78, 5) is 94.1. The van der Waals surface area contributed by atoms with Crippen LogP contribution in [0.3, 0.4) is 0 Å². The molecule has 5 N–H and O–H groups in total. The maximum atomic E-state index is 16.7. The summed E-state index contributed by atoms with van der Waals surface area (Å²) in [6, 6.07) is 15.3. The minimum Gasteiger partial charge on any atom is -0.391 e. The third-order valence-corrected chi connectivity index (χ3v) is 21.5. The van der Waals surface area contributed by atoms with Gasteiger partial charge in [0.15, 0.2) is 0 Å². The van der Waals surface area contributed by atoms with Gasteiger partial charge in [0, 0.05) is 65.7 Å². The molecule has 6 fully saturated rings. The zero-order valence-electron chi connectivity index (χ0n) is 51.8. The third kappa shape index (κ3) is 13.6. The summed E-state index contributed by atoms with van der Waals surface area (Å²) in [6.45, 7) is 11.8. The maximum Gasteiger partial charge on any atom is 0.246 e. The van der Waals surface area contributed by atoms with E-state index in [9.17, 15) is 24.3 Å². The summed E-state index contributed by atoms with van der Waals surface area (Å²) in [5.74, 6) is -3.13. The molecule has 22 heteroatoms. The number of hydrogen-bond acceptors (Lipinski definition) is 14. The fourth-order valence-electron chi connectivity index (χ4n) is 15.6. The monoisotopic (exact) mass is 1290 g/mol. The zero-order valence-corrected chi connectivity index (χ0v) is 54.2. The van der Waals surface area contributed by atoms with Gasteiger partial charge < -0.3 is 50.2 Å². The van der Waals surface area contributed by atoms with E-state index in [0.717, 1.165) is 46.5 Å². The van der Waals surface area contributed by atoms with E-state index in [1.165, 1.54) is 11.0 Å². The summed E-state index contributed by atoms with van der Waals surface area (Å²) >= 11 is 14.6. The van der Waals surface area contributed by atoms with Crippen molar-refractivity contribution in [3.63, 3.8) is 0 Å². The lowest BCUT2D eigenvalue weighted by atomic mass is 9.54. The minimum atomic E-state index is -1.31. The average molecular weight is 1290 g/mol. The molecule has 4 aromatic rings. The van der Waals surface area contributed by atoms with Crippen LogP contribution in [-0.4, -0.2) is 156 Å². The van der Waals surface area contributed by atoms with Gasteiger partial charge in [-0.2, -0.15) is 0 Å². The van der Waals surface area contributed by atoms with Gasteiger partial charge >= 0.3 is 0 Å². The van der Waals surface area contributed by atoms with Crippen molar-refractivity contribution in [1.82, 2.24) is 30.7 Å². The topological polar surface area (TPSA) is 227 Å². The highest BCUT2D eigenvalue weighted by Gasteiger charge is 2.75. The van der Waals surface area contributed by atoms with E-state index >= 15 is 14.0 Å².